The van der Waals surface area contributed by atoms with Gasteiger partial charge in [0.15, 0.2) is 5.17 Å². The largest absolute Gasteiger partial charge is 0.318 e. The summed E-state index contributed by atoms with van der Waals surface area (Å²) < 4.78 is 15.4. The van der Waals surface area contributed by atoms with E-state index in [9.17, 15) is 19.3 Å². The Labute approximate surface area is 239 Å². The van der Waals surface area contributed by atoms with Crippen LogP contribution in [0.5, 0.6) is 0 Å². The van der Waals surface area contributed by atoms with Gasteiger partial charge in [0.1, 0.15) is 5.82 Å². The van der Waals surface area contributed by atoms with Gasteiger partial charge in [-0.3, -0.25) is 19.8 Å². The molecule has 40 heavy (non-hydrogen) atoms. The van der Waals surface area contributed by atoms with E-state index in [1.165, 1.54) is 47.8 Å². The number of likely N-dealkylation sites (N-methyl/N-ethyl adjacent to an activating group) is 1. The number of nitro benzene ring substituents is 1. The van der Waals surface area contributed by atoms with Crippen molar-refractivity contribution in [3.8, 4) is 5.69 Å². The number of non-ortho nitro benzene ring substituents is 1. The van der Waals surface area contributed by atoms with Gasteiger partial charge in [0.2, 0.25) is 0 Å². The molecule has 0 saturated carbocycles. The van der Waals surface area contributed by atoms with Gasteiger partial charge in [-0.25, -0.2) is 9.38 Å². The molecule has 7 nitrogen and oxygen atoms in total. The molecule has 4 aromatic rings. The summed E-state index contributed by atoms with van der Waals surface area (Å²) in [6.07, 6.45) is 1.90. The van der Waals surface area contributed by atoms with Crippen molar-refractivity contribution < 1.29 is 14.1 Å². The number of thioether (sulfide) groups is 1. The van der Waals surface area contributed by atoms with Crippen LogP contribution < -0.4 is 0 Å². The fraction of sp³-hybridized carbons (Fsp3) is 0.133. The van der Waals surface area contributed by atoms with E-state index < -0.39 is 4.92 Å². The van der Waals surface area contributed by atoms with Crippen LogP contribution >= 0.6 is 23.5 Å². The van der Waals surface area contributed by atoms with Crippen molar-refractivity contribution in [1.82, 2.24) is 9.47 Å². The number of benzene rings is 3. The monoisotopic (exact) mass is 572 g/mol. The molecule has 1 aromatic heterocycles. The second kappa shape index (κ2) is 11.5. The number of nitro groups is 1. The van der Waals surface area contributed by atoms with Gasteiger partial charge in [-0.2, -0.15) is 0 Å². The van der Waals surface area contributed by atoms with Crippen molar-refractivity contribution in [3.63, 3.8) is 0 Å². The zero-order valence-corrected chi connectivity index (χ0v) is 23.6. The summed E-state index contributed by atoms with van der Waals surface area (Å²) in [4.78, 5) is 32.4. The first-order valence-electron chi connectivity index (χ1n) is 12.5. The Balaban J connectivity index is 1.37. The maximum absolute atomic E-state index is 13.3. The number of amides is 1. The second-order valence-corrected chi connectivity index (χ2v) is 11.2. The average Bonchev–Trinajstić information content (AvgIpc) is 3.39. The molecule has 0 spiro atoms. The number of carbonyl (C=O) groups is 1. The molecular formula is C30H25FN4O3S2. The summed E-state index contributed by atoms with van der Waals surface area (Å²) in [5, 5.41) is 11.5. The standard InChI is InChI=1S/C30H25FN4O3S2/c1-4-33-29(36)28(40-30(33)32-23-7-5-22(31)6-8-23)18-21-17-19(2)34(20(21)3)24-9-13-26(14-10-24)39-27-15-11-25(12-16-27)35(37)38/h5-18H,4H2,1-3H3/b28-18+,32-30?. The molecule has 2 heterocycles. The van der Waals surface area contributed by atoms with E-state index in [-0.39, 0.29) is 17.4 Å². The third-order valence-corrected chi connectivity index (χ3v) is 8.41. The lowest BCUT2D eigenvalue weighted by Gasteiger charge is -2.12. The van der Waals surface area contributed by atoms with E-state index in [0.717, 1.165) is 32.4 Å². The van der Waals surface area contributed by atoms with Crippen LogP contribution in [0.3, 0.4) is 0 Å². The summed E-state index contributed by atoms with van der Waals surface area (Å²) in [6, 6.07) is 22.5. The average molecular weight is 573 g/mol. The summed E-state index contributed by atoms with van der Waals surface area (Å²) >= 11 is 2.85. The van der Waals surface area contributed by atoms with Crippen LogP contribution in [0.25, 0.3) is 11.8 Å². The number of nitrogens with zero attached hydrogens (tertiary/aromatic N) is 4. The van der Waals surface area contributed by atoms with E-state index in [2.05, 4.69) is 15.6 Å². The van der Waals surface area contributed by atoms with Gasteiger partial charge in [0.25, 0.3) is 11.6 Å². The van der Waals surface area contributed by atoms with Crippen LogP contribution in [0, 0.1) is 29.8 Å². The number of aliphatic imine (C=N–C) groups is 1. The molecule has 1 amide bonds. The van der Waals surface area contributed by atoms with E-state index >= 15 is 0 Å². The summed E-state index contributed by atoms with van der Waals surface area (Å²) in [6.45, 7) is 6.43. The topological polar surface area (TPSA) is 80.7 Å². The highest BCUT2D eigenvalue weighted by atomic mass is 32.2. The highest BCUT2D eigenvalue weighted by Crippen LogP contribution is 2.36. The van der Waals surface area contributed by atoms with Crippen molar-refractivity contribution in [1.29, 1.82) is 0 Å². The van der Waals surface area contributed by atoms with Gasteiger partial charge >= 0.3 is 0 Å². The quantitative estimate of drug-likeness (QED) is 0.128. The number of rotatable bonds is 7. The van der Waals surface area contributed by atoms with Crippen LogP contribution in [0.4, 0.5) is 15.8 Å². The molecule has 0 N–H and O–H groups in total. The Morgan fingerprint density at radius 2 is 1.62 bits per heavy atom. The van der Waals surface area contributed by atoms with Crippen LogP contribution in [0.2, 0.25) is 0 Å². The molecule has 1 aliphatic heterocycles. The molecule has 1 saturated heterocycles. The minimum absolute atomic E-state index is 0.0699. The van der Waals surface area contributed by atoms with Crippen molar-refractivity contribution in [2.45, 2.75) is 30.6 Å². The van der Waals surface area contributed by atoms with E-state index in [4.69, 9.17) is 0 Å². The minimum atomic E-state index is -0.406. The van der Waals surface area contributed by atoms with Gasteiger partial charge < -0.3 is 4.57 Å². The first-order valence-corrected chi connectivity index (χ1v) is 14.1. The van der Waals surface area contributed by atoms with Crippen LogP contribution in [-0.2, 0) is 4.79 Å². The molecule has 0 aliphatic carbocycles. The van der Waals surface area contributed by atoms with Crippen LogP contribution in [0.1, 0.15) is 23.9 Å². The number of aryl methyl sites for hydroxylation is 1. The highest BCUT2D eigenvalue weighted by Gasteiger charge is 2.32. The maximum atomic E-state index is 13.3. The van der Waals surface area contributed by atoms with Crippen molar-refractivity contribution in [3.05, 3.63) is 117 Å². The Kier molecular flexibility index (Phi) is 7.90. The molecule has 0 atom stereocenters. The first kappa shape index (κ1) is 27.4. The fourth-order valence-electron chi connectivity index (χ4n) is 4.40. The van der Waals surface area contributed by atoms with Crippen LogP contribution in [0.15, 0.2) is 98.6 Å². The molecule has 202 valence electrons. The van der Waals surface area contributed by atoms with Gasteiger partial charge in [-0.15, -0.1) is 0 Å². The molecule has 0 bridgehead atoms. The van der Waals surface area contributed by atoms with E-state index in [1.54, 1.807) is 29.2 Å². The fourth-order valence-corrected chi connectivity index (χ4v) is 6.27. The highest BCUT2D eigenvalue weighted by molar-refractivity contribution is 8.18. The Hall–Kier alpha value is -4.15. The predicted molar refractivity (Wildman–Crippen MR) is 159 cm³/mol. The van der Waals surface area contributed by atoms with Crippen LogP contribution in [-0.4, -0.2) is 32.0 Å². The Morgan fingerprint density at radius 1 is 1.00 bits per heavy atom. The van der Waals surface area contributed by atoms with Gasteiger partial charge in [0, 0.05) is 45.5 Å². The third-order valence-electron chi connectivity index (χ3n) is 6.39. The number of hydrogen-bond acceptors (Lipinski definition) is 6. The molecule has 1 aliphatic rings. The molecule has 1 fully saturated rings. The zero-order chi connectivity index (χ0) is 28.4. The molecule has 0 unspecified atom stereocenters. The summed E-state index contributed by atoms with van der Waals surface area (Å²) in [7, 11) is 0. The van der Waals surface area contributed by atoms with Gasteiger partial charge in [-0.05, 0) is 111 Å². The van der Waals surface area contributed by atoms with Crippen molar-refractivity contribution >= 4 is 52.0 Å². The SMILES string of the molecule is CCN1C(=O)/C(=C\c2cc(C)n(-c3ccc(Sc4ccc([N+](=O)[O-])cc4)cc3)c2C)SC1=Nc1ccc(F)cc1. The van der Waals surface area contributed by atoms with Crippen molar-refractivity contribution in [2.24, 2.45) is 4.99 Å². The third kappa shape index (κ3) is 5.73. The van der Waals surface area contributed by atoms with Gasteiger partial charge in [-0.1, -0.05) is 11.8 Å². The number of hydrogen-bond donors (Lipinski definition) is 0. The first-order chi connectivity index (χ1) is 19.2. The van der Waals surface area contributed by atoms with Crippen molar-refractivity contribution in [2.75, 3.05) is 6.54 Å². The smallest absolute Gasteiger partial charge is 0.269 e. The molecular weight excluding hydrogens is 547 g/mol. The normalized spacial score (nSPS) is 15.4. The molecule has 5 rings (SSSR count). The number of amidine groups is 1. The summed E-state index contributed by atoms with van der Waals surface area (Å²) in [5.74, 6) is -0.439. The lowest BCUT2D eigenvalue weighted by atomic mass is 10.2. The Morgan fingerprint density at radius 3 is 2.23 bits per heavy atom. The molecule has 3 aromatic carbocycles. The minimum Gasteiger partial charge on any atom is -0.318 e. The number of halogens is 1. The molecule has 0 radical (unpaired) electrons. The number of carbonyl (C=O) groups excluding carboxylic acids is 1. The molecule has 10 heteroatoms. The number of aromatic nitrogens is 1. The van der Waals surface area contributed by atoms with E-state index in [1.807, 2.05) is 51.1 Å². The lowest BCUT2D eigenvalue weighted by Crippen LogP contribution is -2.28. The maximum Gasteiger partial charge on any atom is 0.269 e. The second-order valence-electron chi connectivity index (χ2n) is 9.04. The predicted octanol–water partition coefficient (Wildman–Crippen LogP) is 7.92. The van der Waals surface area contributed by atoms with E-state index in [0.29, 0.717) is 22.3 Å². The zero-order valence-electron chi connectivity index (χ0n) is 22.0. The Bertz CT molecular complexity index is 1640. The lowest BCUT2D eigenvalue weighted by molar-refractivity contribution is -0.384. The summed E-state index contributed by atoms with van der Waals surface area (Å²) in [5.41, 5.74) is 4.62. The van der Waals surface area contributed by atoms with Gasteiger partial charge in [0.05, 0.1) is 15.5 Å².